The van der Waals surface area contributed by atoms with Crippen LogP contribution in [0.1, 0.15) is 5.56 Å². The zero-order valence-electron chi connectivity index (χ0n) is 13.9. The number of rotatable bonds is 4. The third-order valence-electron chi connectivity index (χ3n) is 3.73. The van der Waals surface area contributed by atoms with Gasteiger partial charge >= 0.3 is 0 Å². The molecule has 0 aliphatic heterocycles. The zero-order chi connectivity index (χ0) is 18.2. The molecule has 0 atom stereocenters. The lowest BCUT2D eigenvalue weighted by Crippen LogP contribution is -2.22. The highest BCUT2D eigenvalue weighted by atomic mass is 35.5. The molecule has 3 rings (SSSR count). The Morgan fingerprint density at radius 1 is 1.00 bits per heavy atom. The topological polar surface area (TPSA) is 76.3 Å². The molecule has 0 bridgehead atoms. The van der Waals surface area contributed by atoms with Gasteiger partial charge in [0.05, 0.1) is 4.90 Å². The van der Waals surface area contributed by atoms with Crippen LogP contribution in [-0.2, 0) is 10.0 Å². The van der Waals surface area contributed by atoms with Crippen molar-refractivity contribution >= 4 is 21.6 Å². The first-order chi connectivity index (χ1) is 11.8. The minimum Gasteiger partial charge on any atom is -0.416 e. The molecule has 2 aromatic carbocycles. The molecule has 3 aromatic rings. The van der Waals surface area contributed by atoms with Crippen LogP contribution in [0.15, 0.2) is 51.8 Å². The van der Waals surface area contributed by atoms with E-state index in [9.17, 15) is 8.42 Å². The fourth-order valence-corrected chi connectivity index (χ4v) is 3.30. The summed E-state index contributed by atoms with van der Waals surface area (Å²) in [5, 5.41) is 8.71. The number of hydrogen-bond acceptors (Lipinski definition) is 5. The zero-order valence-corrected chi connectivity index (χ0v) is 15.5. The molecule has 0 unspecified atom stereocenters. The summed E-state index contributed by atoms with van der Waals surface area (Å²) in [7, 11) is -0.573. The van der Waals surface area contributed by atoms with E-state index in [1.165, 1.54) is 14.1 Å². The number of aryl methyl sites for hydroxylation is 1. The van der Waals surface area contributed by atoms with Gasteiger partial charge in [0, 0.05) is 30.2 Å². The Kier molecular flexibility index (Phi) is 4.64. The molecule has 0 saturated carbocycles. The van der Waals surface area contributed by atoms with Gasteiger partial charge < -0.3 is 4.42 Å². The van der Waals surface area contributed by atoms with Gasteiger partial charge in [-0.05, 0) is 48.9 Å². The average Bonchev–Trinajstić information content (AvgIpc) is 3.05. The maximum Gasteiger partial charge on any atom is 0.248 e. The maximum absolute atomic E-state index is 12.3. The molecule has 0 aliphatic carbocycles. The second-order valence-electron chi connectivity index (χ2n) is 5.68. The molecule has 6 nitrogen and oxygen atoms in total. The molecule has 0 radical (unpaired) electrons. The molecular weight excluding hydrogens is 362 g/mol. The second-order valence-corrected chi connectivity index (χ2v) is 8.27. The minimum absolute atomic E-state index is 0.171. The van der Waals surface area contributed by atoms with Gasteiger partial charge in [-0.3, -0.25) is 0 Å². The quantitative estimate of drug-likeness (QED) is 0.694. The van der Waals surface area contributed by atoms with Gasteiger partial charge in [-0.15, -0.1) is 10.2 Å². The Bertz CT molecular complexity index is 1010. The molecule has 130 valence electrons. The van der Waals surface area contributed by atoms with E-state index in [4.69, 9.17) is 16.0 Å². The van der Waals surface area contributed by atoms with Crippen LogP contribution in [0.2, 0.25) is 5.02 Å². The summed E-state index contributed by atoms with van der Waals surface area (Å²) in [4.78, 5) is 0.171. The van der Waals surface area contributed by atoms with Crippen LogP contribution in [0, 0.1) is 6.92 Å². The summed E-state index contributed by atoms with van der Waals surface area (Å²) < 4.78 is 31.6. The molecule has 1 aromatic heterocycles. The largest absolute Gasteiger partial charge is 0.416 e. The Labute approximate surface area is 151 Å². The first kappa shape index (κ1) is 17.6. The van der Waals surface area contributed by atoms with Crippen molar-refractivity contribution in [3.63, 3.8) is 0 Å². The minimum atomic E-state index is -3.55. The van der Waals surface area contributed by atoms with E-state index >= 15 is 0 Å². The van der Waals surface area contributed by atoms with Gasteiger partial charge in [0.15, 0.2) is 0 Å². The van der Waals surface area contributed by atoms with Crippen LogP contribution >= 0.6 is 11.6 Å². The van der Waals surface area contributed by atoms with Crippen LogP contribution in [0.4, 0.5) is 0 Å². The molecule has 8 heteroatoms. The van der Waals surface area contributed by atoms with Gasteiger partial charge in [0.2, 0.25) is 21.8 Å². The highest BCUT2D eigenvalue weighted by molar-refractivity contribution is 7.89. The Morgan fingerprint density at radius 2 is 1.64 bits per heavy atom. The summed E-state index contributed by atoms with van der Waals surface area (Å²) in [5.41, 5.74) is 2.15. The van der Waals surface area contributed by atoms with E-state index in [0.29, 0.717) is 16.5 Å². The van der Waals surface area contributed by atoms with Crippen LogP contribution in [0.5, 0.6) is 0 Å². The average molecular weight is 378 g/mol. The van der Waals surface area contributed by atoms with Crippen molar-refractivity contribution in [1.82, 2.24) is 14.5 Å². The predicted molar refractivity (Wildman–Crippen MR) is 95.8 cm³/mol. The summed E-state index contributed by atoms with van der Waals surface area (Å²) in [5.74, 6) is 0.602. The SMILES string of the molecule is Cc1ccc(S(=O)(=O)N(C)C)cc1-c1nnc(-c2ccc(Cl)cc2)o1. The Morgan fingerprint density at radius 3 is 2.28 bits per heavy atom. The fraction of sp³-hybridized carbons (Fsp3) is 0.176. The van der Waals surface area contributed by atoms with Crippen molar-refractivity contribution in [1.29, 1.82) is 0 Å². The number of sulfonamides is 1. The number of nitrogens with zero attached hydrogens (tertiary/aromatic N) is 3. The first-order valence-electron chi connectivity index (χ1n) is 7.42. The second kappa shape index (κ2) is 6.59. The van der Waals surface area contributed by atoms with Crippen molar-refractivity contribution in [2.45, 2.75) is 11.8 Å². The fourth-order valence-electron chi connectivity index (χ4n) is 2.24. The molecule has 0 aliphatic rings. The highest BCUT2D eigenvalue weighted by Gasteiger charge is 2.20. The van der Waals surface area contributed by atoms with Crippen molar-refractivity contribution in [3.8, 4) is 22.9 Å². The van der Waals surface area contributed by atoms with Crippen molar-refractivity contribution < 1.29 is 12.8 Å². The Hall–Kier alpha value is -2.22. The van der Waals surface area contributed by atoms with Crippen molar-refractivity contribution in [2.75, 3.05) is 14.1 Å². The van der Waals surface area contributed by atoms with Gasteiger partial charge in [-0.25, -0.2) is 12.7 Å². The number of aromatic nitrogens is 2. The third-order valence-corrected chi connectivity index (χ3v) is 5.80. The standard InChI is InChI=1S/C17H16ClN3O3S/c1-11-4-9-14(25(22,23)21(2)3)10-15(11)17-20-19-16(24-17)12-5-7-13(18)8-6-12/h4-10H,1-3H3. The van der Waals surface area contributed by atoms with E-state index in [1.807, 2.05) is 6.92 Å². The van der Waals surface area contributed by atoms with Crippen molar-refractivity contribution in [3.05, 3.63) is 53.1 Å². The van der Waals surface area contributed by atoms with Gasteiger partial charge in [-0.2, -0.15) is 0 Å². The van der Waals surface area contributed by atoms with E-state index in [0.717, 1.165) is 15.4 Å². The predicted octanol–water partition coefficient (Wildman–Crippen LogP) is 3.62. The molecule has 0 N–H and O–H groups in total. The maximum atomic E-state index is 12.3. The van der Waals surface area contributed by atoms with Crippen molar-refractivity contribution in [2.24, 2.45) is 0 Å². The molecule has 1 heterocycles. The molecule has 0 spiro atoms. The Balaban J connectivity index is 2.04. The highest BCUT2D eigenvalue weighted by Crippen LogP contribution is 2.29. The number of halogens is 1. The number of benzene rings is 2. The van der Waals surface area contributed by atoms with Gasteiger partial charge in [-0.1, -0.05) is 17.7 Å². The lowest BCUT2D eigenvalue weighted by molar-refractivity contribution is 0.520. The van der Waals surface area contributed by atoms with Gasteiger partial charge in [0.25, 0.3) is 0 Å². The lowest BCUT2D eigenvalue weighted by Gasteiger charge is -2.12. The van der Waals surface area contributed by atoms with Gasteiger partial charge in [0.1, 0.15) is 0 Å². The monoisotopic (exact) mass is 377 g/mol. The molecule has 0 saturated heterocycles. The summed E-state index contributed by atoms with van der Waals surface area (Å²) >= 11 is 5.88. The van der Waals surface area contributed by atoms with Crippen LogP contribution in [0.25, 0.3) is 22.9 Å². The summed E-state index contributed by atoms with van der Waals surface area (Å²) in [6.45, 7) is 1.85. The summed E-state index contributed by atoms with van der Waals surface area (Å²) in [6.07, 6.45) is 0. The summed E-state index contributed by atoms with van der Waals surface area (Å²) in [6, 6.07) is 11.8. The normalized spacial score (nSPS) is 11.9. The molecule has 25 heavy (non-hydrogen) atoms. The van der Waals surface area contributed by atoms with Crippen LogP contribution in [0.3, 0.4) is 0 Å². The van der Waals surface area contributed by atoms with Crippen LogP contribution in [-0.4, -0.2) is 37.0 Å². The molecule has 0 amide bonds. The number of hydrogen-bond donors (Lipinski definition) is 0. The molecular formula is C17H16ClN3O3S. The van der Waals surface area contributed by atoms with E-state index in [-0.39, 0.29) is 10.8 Å². The van der Waals surface area contributed by atoms with E-state index < -0.39 is 10.0 Å². The van der Waals surface area contributed by atoms with E-state index in [1.54, 1.807) is 42.5 Å². The van der Waals surface area contributed by atoms with E-state index in [2.05, 4.69) is 10.2 Å². The van der Waals surface area contributed by atoms with Crippen LogP contribution < -0.4 is 0 Å². The molecule has 0 fully saturated rings. The third kappa shape index (κ3) is 3.44. The smallest absolute Gasteiger partial charge is 0.248 e. The first-order valence-corrected chi connectivity index (χ1v) is 9.24. The lowest BCUT2D eigenvalue weighted by atomic mass is 10.1.